The largest absolute Gasteiger partial charge is 0.478 e. The Balaban J connectivity index is 2.35. The first kappa shape index (κ1) is 15.0. The van der Waals surface area contributed by atoms with Crippen LogP contribution in [0.2, 0.25) is 5.02 Å². The van der Waals surface area contributed by atoms with Gasteiger partial charge in [0.1, 0.15) is 4.60 Å². The molecule has 0 saturated heterocycles. The third-order valence-corrected chi connectivity index (χ3v) is 4.25. The highest BCUT2D eigenvalue weighted by Gasteiger charge is 2.18. The van der Waals surface area contributed by atoms with Crippen molar-refractivity contribution >= 4 is 43.4 Å². The van der Waals surface area contributed by atoms with Gasteiger partial charge in [-0.3, -0.25) is 4.72 Å². The van der Waals surface area contributed by atoms with Crippen LogP contribution in [0, 0.1) is 0 Å². The highest BCUT2D eigenvalue weighted by atomic mass is 79.9. The van der Waals surface area contributed by atoms with Gasteiger partial charge in [-0.1, -0.05) is 11.6 Å². The number of sulfonamides is 1. The molecule has 0 aliphatic carbocycles. The minimum atomic E-state index is -3.78. The van der Waals surface area contributed by atoms with E-state index in [0.717, 1.165) is 0 Å². The quantitative estimate of drug-likeness (QED) is 0.884. The Kier molecular flexibility index (Phi) is 4.46. The molecular formula is C11H9BrClN3O3S. The van der Waals surface area contributed by atoms with Crippen molar-refractivity contribution < 1.29 is 13.2 Å². The molecule has 0 unspecified atom stereocenters. The van der Waals surface area contributed by atoms with E-state index in [9.17, 15) is 8.42 Å². The van der Waals surface area contributed by atoms with Crippen LogP contribution in [0.3, 0.4) is 0 Å². The maximum Gasteiger partial charge on any atom is 0.263 e. The lowest BCUT2D eigenvalue weighted by Crippen LogP contribution is -2.15. The third-order valence-electron chi connectivity index (χ3n) is 2.26. The van der Waals surface area contributed by atoms with Crippen molar-refractivity contribution in [3.05, 3.63) is 40.1 Å². The molecule has 0 radical (unpaired) electrons. The molecule has 1 heterocycles. The van der Waals surface area contributed by atoms with Crippen LogP contribution in [-0.4, -0.2) is 25.5 Å². The molecule has 0 atom stereocenters. The second kappa shape index (κ2) is 5.94. The standard InChI is InChI=1S/C11H9BrClN3O3S/c1-19-11-10(14-6-9(12)15-11)16-20(17,18)8-4-2-7(13)3-5-8/h2-6H,1H3,(H,14,16). The number of hydrogen-bond acceptors (Lipinski definition) is 5. The van der Waals surface area contributed by atoms with Crippen LogP contribution in [-0.2, 0) is 10.0 Å². The minimum Gasteiger partial charge on any atom is -0.478 e. The van der Waals surface area contributed by atoms with Crippen LogP contribution < -0.4 is 9.46 Å². The highest BCUT2D eigenvalue weighted by molar-refractivity contribution is 9.10. The minimum absolute atomic E-state index is 0.00523. The molecule has 1 aromatic heterocycles. The van der Waals surface area contributed by atoms with Crippen molar-refractivity contribution in [2.24, 2.45) is 0 Å². The van der Waals surface area contributed by atoms with Gasteiger partial charge in [0, 0.05) is 5.02 Å². The lowest BCUT2D eigenvalue weighted by atomic mass is 10.4. The fraction of sp³-hybridized carbons (Fsp3) is 0.0909. The van der Waals surface area contributed by atoms with Gasteiger partial charge >= 0.3 is 0 Å². The molecule has 1 aromatic carbocycles. The fourth-order valence-electron chi connectivity index (χ4n) is 1.36. The molecule has 20 heavy (non-hydrogen) atoms. The molecule has 6 nitrogen and oxygen atoms in total. The summed E-state index contributed by atoms with van der Waals surface area (Å²) in [4.78, 5) is 7.96. The molecular weight excluding hydrogens is 370 g/mol. The molecule has 0 fully saturated rings. The van der Waals surface area contributed by atoms with E-state index in [2.05, 4.69) is 30.6 Å². The predicted octanol–water partition coefficient (Wildman–Crippen LogP) is 2.70. The molecule has 0 saturated carbocycles. The van der Waals surface area contributed by atoms with Gasteiger partial charge in [-0.05, 0) is 40.2 Å². The molecule has 2 rings (SSSR count). The zero-order chi connectivity index (χ0) is 14.8. The lowest BCUT2D eigenvalue weighted by molar-refractivity contribution is 0.397. The van der Waals surface area contributed by atoms with Gasteiger partial charge in [-0.2, -0.15) is 0 Å². The summed E-state index contributed by atoms with van der Waals surface area (Å²) in [5, 5.41) is 0.449. The van der Waals surface area contributed by atoms with Crippen LogP contribution in [0.5, 0.6) is 5.88 Å². The summed E-state index contributed by atoms with van der Waals surface area (Å²) in [5.74, 6) is 0.0718. The van der Waals surface area contributed by atoms with E-state index in [0.29, 0.717) is 9.63 Å². The molecule has 9 heteroatoms. The summed E-state index contributed by atoms with van der Waals surface area (Å²) in [6.07, 6.45) is 1.36. The monoisotopic (exact) mass is 377 g/mol. The average Bonchev–Trinajstić information content (AvgIpc) is 2.41. The normalized spacial score (nSPS) is 11.2. The van der Waals surface area contributed by atoms with Crippen LogP contribution in [0.4, 0.5) is 5.82 Å². The van der Waals surface area contributed by atoms with Crippen molar-refractivity contribution in [1.29, 1.82) is 0 Å². The van der Waals surface area contributed by atoms with E-state index in [-0.39, 0.29) is 16.6 Å². The van der Waals surface area contributed by atoms with E-state index in [1.165, 1.54) is 37.6 Å². The summed E-state index contributed by atoms with van der Waals surface area (Å²) >= 11 is 8.85. The van der Waals surface area contributed by atoms with Gasteiger partial charge in [0.15, 0.2) is 0 Å². The van der Waals surface area contributed by atoms with Gasteiger partial charge in [0.25, 0.3) is 15.9 Å². The van der Waals surface area contributed by atoms with Crippen LogP contribution >= 0.6 is 27.5 Å². The van der Waals surface area contributed by atoms with E-state index in [4.69, 9.17) is 16.3 Å². The Morgan fingerprint density at radius 3 is 2.55 bits per heavy atom. The number of benzene rings is 1. The molecule has 2 aromatic rings. The summed E-state index contributed by atoms with van der Waals surface area (Å²) < 4.78 is 32.1. The van der Waals surface area contributed by atoms with Crippen molar-refractivity contribution in [3.8, 4) is 5.88 Å². The number of halogens is 2. The number of anilines is 1. The van der Waals surface area contributed by atoms with Gasteiger partial charge in [-0.25, -0.2) is 18.4 Å². The average molecular weight is 379 g/mol. The summed E-state index contributed by atoms with van der Waals surface area (Å²) in [7, 11) is -2.41. The zero-order valence-corrected chi connectivity index (χ0v) is 13.3. The molecule has 1 N–H and O–H groups in total. The van der Waals surface area contributed by atoms with Crippen LogP contribution in [0.1, 0.15) is 0 Å². The molecule has 0 spiro atoms. The lowest BCUT2D eigenvalue weighted by Gasteiger charge is -2.10. The van der Waals surface area contributed by atoms with Crippen LogP contribution in [0.15, 0.2) is 40.0 Å². The second-order valence-corrected chi connectivity index (χ2v) is 6.54. The fourth-order valence-corrected chi connectivity index (χ4v) is 2.76. The van der Waals surface area contributed by atoms with Gasteiger partial charge < -0.3 is 4.74 Å². The van der Waals surface area contributed by atoms with E-state index < -0.39 is 10.0 Å². The Morgan fingerprint density at radius 2 is 1.95 bits per heavy atom. The first-order chi connectivity index (χ1) is 9.42. The highest BCUT2D eigenvalue weighted by Crippen LogP contribution is 2.24. The third kappa shape index (κ3) is 3.38. The first-order valence-electron chi connectivity index (χ1n) is 5.27. The first-order valence-corrected chi connectivity index (χ1v) is 7.93. The SMILES string of the molecule is COc1nc(Br)cnc1NS(=O)(=O)c1ccc(Cl)cc1. The number of nitrogens with zero attached hydrogens (tertiary/aromatic N) is 2. The Labute approximate surface area is 129 Å². The maximum absolute atomic E-state index is 12.2. The summed E-state index contributed by atoms with van der Waals surface area (Å²) in [6.45, 7) is 0. The summed E-state index contributed by atoms with van der Waals surface area (Å²) in [5.41, 5.74) is 0. The number of nitrogens with one attached hydrogen (secondary N) is 1. The predicted molar refractivity (Wildman–Crippen MR) is 78.5 cm³/mol. The number of ether oxygens (including phenoxy) is 1. The Morgan fingerprint density at radius 1 is 1.30 bits per heavy atom. The smallest absolute Gasteiger partial charge is 0.263 e. The maximum atomic E-state index is 12.2. The number of rotatable bonds is 4. The second-order valence-electron chi connectivity index (χ2n) is 3.61. The number of methoxy groups -OCH3 is 1. The molecule has 0 amide bonds. The van der Waals surface area contributed by atoms with Crippen molar-refractivity contribution in [3.63, 3.8) is 0 Å². The zero-order valence-electron chi connectivity index (χ0n) is 10.2. The van der Waals surface area contributed by atoms with E-state index >= 15 is 0 Å². The number of hydrogen-bond donors (Lipinski definition) is 1. The van der Waals surface area contributed by atoms with Crippen LogP contribution in [0.25, 0.3) is 0 Å². The van der Waals surface area contributed by atoms with Gasteiger partial charge in [0.05, 0.1) is 18.2 Å². The Hall–Kier alpha value is -1.38. The van der Waals surface area contributed by atoms with Crippen molar-refractivity contribution in [1.82, 2.24) is 9.97 Å². The van der Waals surface area contributed by atoms with E-state index in [1.54, 1.807) is 0 Å². The molecule has 0 aliphatic heterocycles. The molecule has 0 aliphatic rings. The Bertz CT molecular complexity index is 722. The molecule has 0 bridgehead atoms. The topological polar surface area (TPSA) is 81.2 Å². The molecule has 106 valence electrons. The summed E-state index contributed by atoms with van der Waals surface area (Å²) in [6, 6.07) is 5.76. The van der Waals surface area contributed by atoms with Gasteiger partial charge in [-0.15, -0.1) is 0 Å². The van der Waals surface area contributed by atoms with Gasteiger partial charge in [0.2, 0.25) is 5.82 Å². The van der Waals surface area contributed by atoms with Crippen molar-refractivity contribution in [2.75, 3.05) is 11.8 Å². The van der Waals surface area contributed by atoms with Crippen molar-refractivity contribution in [2.45, 2.75) is 4.90 Å². The number of aromatic nitrogens is 2. The van der Waals surface area contributed by atoms with E-state index in [1.807, 2.05) is 0 Å².